The van der Waals surface area contributed by atoms with Gasteiger partial charge in [-0.2, -0.15) is 0 Å². The molecule has 4 nitrogen and oxygen atoms in total. The number of nitrogens with one attached hydrogen (secondary N) is 1. The highest BCUT2D eigenvalue weighted by Gasteiger charge is 2.33. The minimum absolute atomic E-state index is 0.0449. The molecule has 4 rings (SSSR count). The zero-order valence-electron chi connectivity index (χ0n) is 15.1. The van der Waals surface area contributed by atoms with E-state index in [1.807, 2.05) is 20.7 Å². The Kier molecular flexibility index (Phi) is 4.71. The Morgan fingerprint density at radius 1 is 1.24 bits per heavy atom. The van der Waals surface area contributed by atoms with Gasteiger partial charge in [0.25, 0.3) is 0 Å². The van der Waals surface area contributed by atoms with Crippen molar-refractivity contribution in [3.05, 3.63) is 33.3 Å². The summed E-state index contributed by atoms with van der Waals surface area (Å²) < 4.78 is 6.61. The maximum absolute atomic E-state index is 5.42. The zero-order valence-corrected chi connectivity index (χ0v) is 16.7. The van der Waals surface area contributed by atoms with Gasteiger partial charge in [-0.3, -0.25) is 9.89 Å². The smallest absolute Gasteiger partial charge is 0.129 e. The van der Waals surface area contributed by atoms with Crippen molar-refractivity contribution < 1.29 is 4.74 Å². The molecule has 0 aliphatic carbocycles. The van der Waals surface area contributed by atoms with Crippen LogP contribution in [0.3, 0.4) is 0 Å². The summed E-state index contributed by atoms with van der Waals surface area (Å²) in [6.07, 6.45) is 0. The largest absolute Gasteiger partial charge is 0.379 e. The van der Waals surface area contributed by atoms with Gasteiger partial charge in [0.2, 0.25) is 0 Å². The fourth-order valence-corrected chi connectivity index (χ4v) is 6.49. The molecule has 1 fully saturated rings. The second-order valence-electron chi connectivity index (χ2n) is 7.31. The number of ether oxygens (including phenoxy) is 1. The molecular formula is C19H25N3OS2. The number of nitrogens with zero attached hydrogens (tertiary/aromatic N) is 2. The molecule has 1 saturated heterocycles. The van der Waals surface area contributed by atoms with Gasteiger partial charge in [0.05, 0.1) is 30.2 Å². The Hall–Kier alpha value is -1.21. The normalized spacial score (nSPS) is 20.0. The standard InChI is InChI=1S/C19H25N3OS2/c1-13-4-5-15-14(12-13)16-17(19(2,3)21-15)24-25-18(16)20-6-7-22-8-10-23-11-9-22/h4-5,12,21H,6-11H2,1-3H3. The summed E-state index contributed by atoms with van der Waals surface area (Å²) in [4.78, 5) is 8.83. The first-order valence-corrected chi connectivity index (χ1v) is 11.0. The van der Waals surface area contributed by atoms with Gasteiger partial charge in [0.15, 0.2) is 0 Å². The van der Waals surface area contributed by atoms with E-state index >= 15 is 0 Å². The van der Waals surface area contributed by atoms with Crippen molar-refractivity contribution in [1.29, 1.82) is 0 Å². The number of rotatable bonds is 3. The lowest BCUT2D eigenvalue weighted by Crippen LogP contribution is -2.38. The third kappa shape index (κ3) is 3.40. The Balaban J connectivity index is 1.67. The van der Waals surface area contributed by atoms with Gasteiger partial charge in [0.1, 0.15) is 4.67 Å². The molecule has 1 aromatic heterocycles. The number of hydrogen-bond acceptors (Lipinski definition) is 6. The zero-order chi connectivity index (χ0) is 17.4. The molecule has 2 aliphatic heterocycles. The Morgan fingerprint density at radius 2 is 2.04 bits per heavy atom. The maximum atomic E-state index is 5.42. The summed E-state index contributed by atoms with van der Waals surface area (Å²) in [6, 6.07) is 6.67. The summed E-state index contributed by atoms with van der Waals surface area (Å²) >= 11 is 0. The molecule has 6 heteroatoms. The summed E-state index contributed by atoms with van der Waals surface area (Å²) in [7, 11) is 3.68. The Morgan fingerprint density at radius 3 is 2.84 bits per heavy atom. The average molecular weight is 376 g/mol. The fourth-order valence-electron chi connectivity index (χ4n) is 3.51. The quantitative estimate of drug-likeness (QED) is 0.832. The van der Waals surface area contributed by atoms with Crippen LogP contribution in [-0.2, 0) is 10.3 Å². The Bertz CT molecular complexity index is 831. The van der Waals surface area contributed by atoms with E-state index < -0.39 is 0 Å². The van der Waals surface area contributed by atoms with Crippen LogP contribution in [0.2, 0.25) is 0 Å². The average Bonchev–Trinajstić information content (AvgIpc) is 3.02. The molecule has 3 heterocycles. The van der Waals surface area contributed by atoms with Crippen LogP contribution in [0.4, 0.5) is 5.69 Å². The minimum atomic E-state index is -0.0449. The van der Waals surface area contributed by atoms with Crippen molar-refractivity contribution in [2.45, 2.75) is 26.3 Å². The topological polar surface area (TPSA) is 36.9 Å². The van der Waals surface area contributed by atoms with Crippen LogP contribution < -0.4 is 9.99 Å². The minimum Gasteiger partial charge on any atom is -0.379 e. The van der Waals surface area contributed by atoms with Crippen LogP contribution in [0.1, 0.15) is 24.3 Å². The summed E-state index contributed by atoms with van der Waals surface area (Å²) in [5.74, 6) is 0. The molecule has 0 spiro atoms. The summed E-state index contributed by atoms with van der Waals surface area (Å²) in [6.45, 7) is 12.3. The highest BCUT2D eigenvalue weighted by Crippen LogP contribution is 2.45. The van der Waals surface area contributed by atoms with Crippen molar-refractivity contribution in [3.8, 4) is 11.1 Å². The van der Waals surface area contributed by atoms with Crippen LogP contribution in [-0.4, -0.2) is 44.3 Å². The molecule has 0 saturated carbocycles. The molecule has 2 aromatic rings. The molecular weight excluding hydrogens is 350 g/mol. The van der Waals surface area contributed by atoms with E-state index in [0.717, 1.165) is 39.4 Å². The summed E-state index contributed by atoms with van der Waals surface area (Å²) in [5, 5.41) is 3.69. The predicted octanol–water partition coefficient (Wildman–Crippen LogP) is 3.68. The third-order valence-electron chi connectivity index (χ3n) is 4.88. The van der Waals surface area contributed by atoms with Crippen molar-refractivity contribution in [2.75, 3.05) is 44.7 Å². The van der Waals surface area contributed by atoms with Crippen LogP contribution in [0.5, 0.6) is 0 Å². The third-order valence-corrected chi connectivity index (χ3v) is 7.56. The molecule has 0 unspecified atom stereocenters. The van der Waals surface area contributed by atoms with Crippen molar-refractivity contribution >= 4 is 26.4 Å². The first-order valence-electron chi connectivity index (χ1n) is 8.88. The molecule has 0 amide bonds. The lowest BCUT2D eigenvalue weighted by Gasteiger charge is -2.33. The lowest BCUT2D eigenvalue weighted by molar-refractivity contribution is 0.0394. The van der Waals surface area contributed by atoms with Crippen LogP contribution in [0, 0.1) is 6.92 Å². The molecule has 0 radical (unpaired) electrons. The highest BCUT2D eigenvalue weighted by atomic mass is 32.9. The number of benzene rings is 1. The van der Waals surface area contributed by atoms with Gasteiger partial charge >= 0.3 is 0 Å². The molecule has 0 atom stereocenters. The molecule has 1 N–H and O–H groups in total. The van der Waals surface area contributed by atoms with Gasteiger partial charge in [-0.25, -0.2) is 0 Å². The van der Waals surface area contributed by atoms with Gasteiger partial charge in [-0.15, -0.1) is 0 Å². The number of anilines is 1. The number of fused-ring (bicyclic) bond motifs is 3. The van der Waals surface area contributed by atoms with Gasteiger partial charge < -0.3 is 10.1 Å². The van der Waals surface area contributed by atoms with Crippen molar-refractivity contribution in [2.24, 2.45) is 4.99 Å². The number of morpholine rings is 1. The van der Waals surface area contributed by atoms with E-state index in [0.29, 0.717) is 0 Å². The van der Waals surface area contributed by atoms with Crippen molar-refractivity contribution in [3.63, 3.8) is 0 Å². The van der Waals surface area contributed by atoms with E-state index in [-0.39, 0.29) is 5.54 Å². The second kappa shape index (κ2) is 6.83. The van der Waals surface area contributed by atoms with Gasteiger partial charge in [0, 0.05) is 36.4 Å². The Labute approximate surface area is 156 Å². The predicted molar refractivity (Wildman–Crippen MR) is 107 cm³/mol. The van der Waals surface area contributed by atoms with Crippen LogP contribution in [0.25, 0.3) is 11.1 Å². The molecule has 2 aliphatic rings. The molecule has 25 heavy (non-hydrogen) atoms. The van der Waals surface area contributed by atoms with E-state index in [1.54, 1.807) is 0 Å². The van der Waals surface area contributed by atoms with Crippen LogP contribution in [0.15, 0.2) is 23.2 Å². The van der Waals surface area contributed by atoms with Crippen molar-refractivity contribution in [1.82, 2.24) is 4.90 Å². The maximum Gasteiger partial charge on any atom is 0.129 e. The van der Waals surface area contributed by atoms with E-state index in [2.05, 4.69) is 49.2 Å². The molecule has 134 valence electrons. The molecule has 1 aromatic carbocycles. The van der Waals surface area contributed by atoms with Gasteiger partial charge in [-0.1, -0.05) is 32.3 Å². The van der Waals surface area contributed by atoms with E-state index in [9.17, 15) is 0 Å². The lowest BCUT2D eigenvalue weighted by atomic mass is 9.89. The summed E-state index contributed by atoms with van der Waals surface area (Å²) in [5.41, 5.74) is 5.12. The monoisotopic (exact) mass is 375 g/mol. The number of hydrogen-bond donors (Lipinski definition) is 1. The second-order valence-corrected chi connectivity index (χ2v) is 9.44. The first-order chi connectivity index (χ1) is 12.0. The van der Waals surface area contributed by atoms with E-state index in [1.165, 1.54) is 31.9 Å². The highest BCUT2D eigenvalue weighted by molar-refractivity contribution is 7.68. The van der Waals surface area contributed by atoms with E-state index in [4.69, 9.17) is 9.73 Å². The first kappa shape index (κ1) is 17.2. The SMILES string of the molecule is Cc1ccc2c(c1)-c1c(ssc1=NCCN1CCOCC1)C(C)(C)N2. The number of aryl methyl sites for hydroxylation is 1. The fraction of sp³-hybridized carbons (Fsp3) is 0.526. The van der Waals surface area contributed by atoms with Crippen LogP contribution >= 0.6 is 20.7 Å². The molecule has 0 bridgehead atoms. The van der Waals surface area contributed by atoms with Gasteiger partial charge in [-0.05, 0) is 32.9 Å².